The van der Waals surface area contributed by atoms with E-state index in [2.05, 4.69) is 16.4 Å². The first-order chi connectivity index (χ1) is 12.3. The maximum Gasteiger partial charge on any atom is 0.335 e. The van der Waals surface area contributed by atoms with Gasteiger partial charge in [0, 0.05) is 11.4 Å². The summed E-state index contributed by atoms with van der Waals surface area (Å²) in [5.74, 6) is -1.31. The van der Waals surface area contributed by atoms with E-state index in [1.165, 1.54) is 23.9 Å². The number of aromatic carboxylic acids is 1. The summed E-state index contributed by atoms with van der Waals surface area (Å²) in [4.78, 5) is 28.1. The highest BCUT2D eigenvalue weighted by Crippen LogP contribution is 2.29. The fourth-order valence-corrected chi connectivity index (χ4v) is 3.56. The zero-order valence-corrected chi connectivity index (χ0v) is 15.6. The number of hydrogen-bond donors (Lipinski definition) is 2. The molecule has 0 aliphatic carbocycles. The van der Waals surface area contributed by atoms with E-state index in [1.54, 1.807) is 12.1 Å². The van der Waals surface area contributed by atoms with Crippen molar-refractivity contribution in [3.8, 4) is 6.07 Å². The molecule has 0 bridgehead atoms. The number of aromatic nitrogens is 1. The average molecular weight is 369 g/mol. The van der Waals surface area contributed by atoms with E-state index in [1.807, 2.05) is 26.8 Å². The molecule has 0 radical (unpaired) electrons. The molecule has 0 fully saturated rings. The van der Waals surface area contributed by atoms with Gasteiger partial charge >= 0.3 is 5.97 Å². The lowest BCUT2D eigenvalue weighted by atomic mass is 10.1. The van der Waals surface area contributed by atoms with E-state index in [0.29, 0.717) is 22.7 Å². The van der Waals surface area contributed by atoms with E-state index in [-0.39, 0.29) is 11.5 Å². The summed E-state index contributed by atoms with van der Waals surface area (Å²) in [5, 5.41) is 21.2. The van der Waals surface area contributed by atoms with E-state index < -0.39 is 11.2 Å². The minimum atomic E-state index is -1.05. The van der Waals surface area contributed by atoms with Crippen LogP contribution < -0.4 is 5.32 Å². The molecule has 1 amide bonds. The molecule has 1 unspecified atom stereocenters. The number of aryl methyl sites for hydroxylation is 2. The Morgan fingerprint density at radius 3 is 2.69 bits per heavy atom. The van der Waals surface area contributed by atoms with Crippen molar-refractivity contribution in [2.24, 2.45) is 0 Å². The van der Waals surface area contributed by atoms with Crippen LogP contribution in [0.25, 0.3) is 0 Å². The summed E-state index contributed by atoms with van der Waals surface area (Å²) < 4.78 is 0. The number of pyridine rings is 1. The fourth-order valence-electron chi connectivity index (χ4n) is 2.43. The Labute approximate surface area is 156 Å². The second-order valence-corrected chi connectivity index (χ2v) is 6.95. The van der Waals surface area contributed by atoms with Crippen LogP contribution >= 0.6 is 11.8 Å². The van der Waals surface area contributed by atoms with Gasteiger partial charge in [-0.25, -0.2) is 9.78 Å². The van der Waals surface area contributed by atoms with Gasteiger partial charge in [-0.05, 0) is 50.1 Å². The number of carbonyl (C=O) groups is 2. The van der Waals surface area contributed by atoms with Crippen molar-refractivity contribution in [1.82, 2.24) is 4.98 Å². The van der Waals surface area contributed by atoms with Crippen LogP contribution in [0.5, 0.6) is 0 Å². The number of rotatable bonds is 6. The fraction of sp³-hybridized carbons (Fsp3) is 0.263. The molecule has 2 rings (SSSR count). The van der Waals surface area contributed by atoms with Crippen LogP contribution in [-0.2, 0) is 4.79 Å². The zero-order valence-electron chi connectivity index (χ0n) is 14.7. The molecule has 134 valence electrons. The van der Waals surface area contributed by atoms with Crippen molar-refractivity contribution in [2.45, 2.75) is 37.5 Å². The SMILES string of the molecule is CCC(Sc1nc(C)cc(C)c1C#N)C(=O)Nc1cccc(C(=O)O)c1. The molecule has 2 N–H and O–H groups in total. The molecule has 1 aromatic heterocycles. The third-order valence-electron chi connectivity index (χ3n) is 3.72. The topological polar surface area (TPSA) is 103 Å². The van der Waals surface area contributed by atoms with Gasteiger partial charge in [0.1, 0.15) is 11.1 Å². The third-order valence-corrected chi connectivity index (χ3v) is 5.07. The Hall–Kier alpha value is -2.85. The first-order valence-electron chi connectivity index (χ1n) is 8.05. The predicted molar refractivity (Wildman–Crippen MR) is 100 cm³/mol. The van der Waals surface area contributed by atoms with Gasteiger partial charge in [-0.3, -0.25) is 4.79 Å². The van der Waals surface area contributed by atoms with Gasteiger partial charge in [0.2, 0.25) is 5.91 Å². The monoisotopic (exact) mass is 369 g/mol. The van der Waals surface area contributed by atoms with Crippen molar-refractivity contribution in [2.75, 3.05) is 5.32 Å². The summed E-state index contributed by atoms with van der Waals surface area (Å²) in [6.07, 6.45) is 0.536. The van der Waals surface area contributed by atoms with Crippen molar-refractivity contribution in [1.29, 1.82) is 5.26 Å². The lowest BCUT2D eigenvalue weighted by Crippen LogP contribution is -2.25. The van der Waals surface area contributed by atoms with Crippen molar-refractivity contribution < 1.29 is 14.7 Å². The van der Waals surface area contributed by atoms with Crippen LogP contribution in [-0.4, -0.2) is 27.2 Å². The minimum absolute atomic E-state index is 0.103. The van der Waals surface area contributed by atoms with Gasteiger partial charge < -0.3 is 10.4 Å². The summed E-state index contributed by atoms with van der Waals surface area (Å²) in [7, 11) is 0. The lowest BCUT2D eigenvalue weighted by molar-refractivity contribution is -0.115. The number of thioether (sulfide) groups is 1. The maximum atomic E-state index is 12.6. The van der Waals surface area contributed by atoms with Crippen LogP contribution in [0.2, 0.25) is 0 Å². The summed E-state index contributed by atoms with van der Waals surface area (Å²) in [6.45, 7) is 5.56. The molecule has 2 aromatic rings. The van der Waals surface area contributed by atoms with Gasteiger partial charge in [-0.15, -0.1) is 0 Å². The number of hydrogen-bond acceptors (Lipinski definition) is 5. The molecular formula is C19H19N3O3S. The lowest BCUT2D eigenvalue weighted by Gasteiger charge is -2.16. The van der Waals surface area contributed by atoms with Crippen LogP contribution in [0.1, 0.15) is 40.5 Å². The van der Waals surface area contributed by atoms with Crippen LogP contribution in [0.3, 0.4) is 0 Å². The van der Waals surface area contributed by atoms with E-state index >= 15 is 0 Å². The van der Waals surface area contributed by atoms with E-state index in [0.717, 1.165) is 11.3 Å². The quantitative estimate of drug-likeness (QED) is 0.751. The second-order valence-electron chi connectivity index (χ2n) is 5.76. The Kier molecular flexibility index (Phi) is 6.36. The van der Waals surface area contributed by atoms with Crippen molar-refractivity contribution in [3.63, 3.8) is 0 Å². The number of carboxylic acids is 1. The number of nitrogens with zero attached hydrogens (tertiary/aromatic N) is 2. The molecular weight excluding hydrogens is 350 g/mol. The molecule has 0 aliphatic rings. The second kappa shape index (κ2) is 8.50. The van der Waals surface area contributed by atoms with Gasteiger partial charge in [-0.2, -0.15) is 5.26 Å². The molecule has 0 saturated carbocycles. The Morgan fingerprint density at radius 2 is 2.08 bits per heavy atom. The molecule has 1 heterocycles. The van der Waals surface area contributed by atoms with Crippen LogP contribution in [0, 0.1) is 25.2 Å². The molecule has 6 nitrogen and oxygen atoms in total. The highest BCUT2D eigenvalue weighted by molar-refractivity contribution is 8.00. The smallest absolute Gasteiger partial charge is 0.335 e. The van der Waals surface area contributed by atoms with Gasteiger partial charge in [0.05, 0.1) is 16.4 Å². The largest absolute Gasteiger partial charge is 0.478 e. The number of anilines is 1. The third kappa shape index (κ3) is 4.61. The Bertz CT molecular complexity index is 890. The van der Waals surface area contributed by atoms with Crippen LogP contribution in [0.4, 0.5) is 5.69 Å². The zero-order chi connectivity index (χ0) is 19.3. The Morgan fingerprint density at radius 1 is 1.35 bits per heavy atom. The standard InChI is InChI=1S/C19H19N3O3S/c1-4-16(26-18-15(10-20)11(2)8-12(3)21-18)17(23)22-14-7-5-6-13(9-14)19(24)25/h5-9,16H,4H2,1-3H3,(H,22,23)(H,24,25). The van der Waals surface area contributed by atoms with Gasteiger partial charge in [-0.1, -0.05) is 24.8 Å². The number of amides is 1. The molecule has 0 saturated heterocycles. The molecule has 0 aliphatic heterocycles. The van der Waals surface area contributed by atoms with E-state index in [4.69, 9.17) is 5.11 Å². The first kappa shape index (κ1) is 19.5. The minimum Gasteiger partial charge on any atom is -0.478 e. The highest BCUT2D eigenvalue weighted by Gasteiger charge is 2.22. The molecule has 1 atom stereocenters. The summed E-state index contributed by atoms with van der Waals surface area (Å²) in [5.41, 5.74) is 2.61. The maximum absolute atomic E-state index is 12.6. The normalized spacial score (nSPS) is 11.5. The van der Waals surface area contributed by atoms with E-state index in [9.17, 15) is 14.9 Å². The highest BCUT2D eigenvalue weighted by atomic mass is 32.2. The molecule has 1 aromatic carbocycles. The molecule has 26 heavy (non-hydrogen) atoms. The number of carbonyl (C=O) groups excluding carboxylic acids is 1. The molecule has 7 heteroatoms. The number of carboxylic acid groups (broad SMARTS) is 1. The number of nitriles is 1. The van der Waals surface area contributed by atoms with Gasteiger partial charge in [0.15, 0.2) is 0 Å². The average Bonchev–Trinajstić information content (AvgIpc) is 2.59. The van der Waals surface area contributed by atoms with Crippen LogP contribution in [0.15, 0.2) is 35.4 Å². The first-order valence-corrected chi connectivity index (χ1v) is 8.92. The summed E-state index contributed by atoms with van der Waals surface area (Å²) >= 11 is 1.24. The van der Waals surface area contributed by atoms with Gasteiger partial charge in [0.25, 0.3) is 0 Å². The molecule has 0 spiro atoms. The summed E-state index contributed by atoms with van der Waals surface area (Å²) in [6, 6.07) is 10.1. The predicted octanol–water partition coefficient (Wildman–Crippen LogP) is 3.78. The number of benzene rings is 1. The number of nitrogens with one attached hydrogen (secondary N) is 1. The Balaban J connectivity index is 2.21. The van der Waals surface area contributed by atoms with Crippen molar-refractivity contribution in [3.05, 3.63) is 52.7 Å². The van der Waals surface area contributed by atoms with Crippen molar-refractivity contribution >= 4 is 29.3 Å².